The number of imidazole rings is 1. The minimum Gasteiger partial charge on any atom is -0.480 e. The van der Waals surface area contributed by atoms with Crippen molar-refractivity contribution in [1.29, 1.82) is 0 Å². The second-order valence-electron chi connectivity index (χ2n) is 9.71. The maximum atomic E-state index is 13.4. The Balaban J connectivity index is 3.16. The maximum absolute atomic E-state index is 13.4. The lowest BCUT2D eigenvalue weighted by Gasteiger charge is -2.26. The zero-order valence-electron chi connectivity index (χ0n) is 22.8. The second-order valence-corrected chi connectivity index (χ2v) is 9.71. The van der Waals surface area contributed by atoms with E-state index in [4.69, 9.17) is 17.2 Å². The zero-order valence-corrected chi connectivity index (χ0v) is 22.8. The first-order valence-corrected chi connectivity index (χ1v) is 13.0. The average molecular weight is 568 g/mol. The maximum Gasteiger partial charge on any atom is 0.326 e. The third-order valence-electron chi connectivity index (χ3n) is 5.76. The monoisotopic (exact) mass is 567 g/mol. The van der Waals surface area contributed by atoms with Crippen molar-refractivity contribution >= 4 is 35.5 Å². The Morgan fingerprint density at radius 2 is 1.50 bits per heavy atom. The molecule has 5 amide bonds. The van der Waals surface area contributed by atoms with Crippen molar-refractivity contribution in [2.45, 2.75) is 76.5 Å². The normalized spacial score (nSPS) is 13.9. The van der Waals surface area contributed by atoms with Gasteiger partial charge in [-0.25, -0.2) is 9.78 Å². The number of nitrogens with one attached hydrogen (secondary N) is 5. The molecule has 0 spiro atoms. The van der Waals surface area contributed by atoms with Crippen molar-refractivity contribution in [2.75, 3.05) is 13.1 Å². The molecule has 1 aromatic rings. The van der Waals surface area contributed by atoms with Crippen LogP contribution in [0.1, 0.15) is 51.6 Å². The smallest absolute Gasteiger partial charge is 0.326 e. The summed E-state index contributed by atoms with van der Waals surface area (Å²) in [5.74, 6) is -5.27. The predicted molar refractivity (Wildman–Crippen MR) is 143 cm³/mol. The van der Waals surface area contributed by atoms with E-state index in [1.165, 1.54) is 12.5 Å². The van der Waals surface area contributed by atoms with Crippen molar-refractivity contribution in [3.63, 3.8) is 0 Å². The lowest BCUT2D eigenvalue weighted by atomic mass is 10.0. The summed E-state index contributed by atoms with van der Waals surface area (Å²) in [6.45, 7) is 3.64. The molecule has 0 aliphatic carbocycles. The number of hydrogen-bond acceptors (Lipinski definition) is 9. The number of aromatic nitrogens is 2. The highest BCUT2D eigenvalue weighted by Gasteiger charge is 2.32. The first-order valence-electron chi connectivity index (χ1n) is 13.0. The van der Waals surface area contributed by atoms with Crippen LogP contribution in [0.4, 0.5) is 0 Å². The predicted octanol–water partition coefficient (Wildman–Crippen LogP) is -3.01. The number of carbonyl (C=O) groups excluding carboxylic acids is 5. The molecule has 0 radical (unpaired) electrons. The highest BCUT2D eigenvalue weighted by Crippen LogP contribution is 2.09. The zero-order chi connectivity index (χ0) is 30.2. The lowest BCUT2D eigenvalue weighted by Crippen LogP contribution is -2.58. The molecule has 0 aliphatic heterocycles. The minimum atomic E-state index is -1.59. The Kier molecular flexibility index (Phi) is 14.9. The Hall–Kier alpha value is -4.05. The van der Waals surface area contributed by atoms with E-state index < -0.39 is 66.1 Å². The Morgan fingerprint density at radius 1 is 0.900 bits per heavy atom. The molecule has 12 N–H and O–H groups in total. The molecule has 0 aromatic carbocycles. The molecule has 224 valence electrons. The van der Waals surface area contributed by atoms with Crippen LogP contribution in [-0.4, -0.2) is 87.8 Å². The molecule has 0 bridgehead atoms. The molecular weight excluding hydrogens is 526 g/mol. The SMILES string of the molecule is CC(C)CC(NC(=O)C(Cc1cnc[nH]1)NC(=O)C(CCCCN)NC(=O)CN)C(=O)NC(CC(N)=O)C(=O)O. The molecule has 0 saturated heterocycles. The van der Waals surface area contributed by atoms with Gasteiger partial charge in [-0.3, -0.25) is 24.0 Å². The van der Waals surface area contributed by atoms with Gasteiger partial charge in [0.1, 0.15) is 24.2 Å². The van der Waals surface area contributed by atoms with E-state index >= 15 is 0 Å². The van der Waals surface area contributed by atoms with Crippen molar-refractivity contribution in [3.8, 4) is 0 Å². The van der Waals surface area contributed by atoms with Gasteiger partial charge in [-0.15, -0.1) is 0 Å². The number of nitrogens with two attached hydrogens (primary N) is 3. The average Bonchev–Trinajstić information content (AvgIpc) is 3.39. The Labute approximate surface area is 232 Å². The number of aromatic amines is 1. The van der Waals surface area contributed by atoms with Gasteiger partial charge in [0.25, 0.3) is 0 Å². The van der Waals surface area contributed by atoms with Crippen LogP contribution >= 0.6 is 0 Å². The van der Waals surface area contributed by atoms with Gasteiger partial charge in [0.2, 0.25) is 29.5 Å². The topological polar surface area (TPSA) is 278 Å². The van der Waals surface area contributed by atoms with Crippen LogP contribution in [0.5, 0.6) is 0 Å². The largest absolute Gasteiger partial charge is 0.480 e. The molecule has 0 fully saturated rings. The number of aliphatic carboxylic acids is 1. The van der Waals surface area contributed by atoms with Crippen molar-refractivity contribution < 1.29 is 33.9 Å². The van der Waals surface area contributed by atoms with E-state index in [9.17, 15) is 33.9 Å². The summed E-state index contributed by atoms with van der Waals surface area (Å²) < 4.78 is 0. The fraction of sp³-hybridized carbons (Fsp3) is 0.625. The van der Waals surface area contributed by atoms with Crippen LogP contribution < -0.4 is 38.5 Å². The van der Waals surface area contributed by atoms with Crippen LogP contribution in [0.3, 0.4) is 0 Å². The summed E-state index contributed by atoms with van der Waals surface area (Å²) >= 11 is 0. The van der Waals surface area contributed by atoms with Crippen LogP contribution in [-0.2, 0) is 35.2 Å². The van der Waals surface area contributed by atoms with Crippen LogP contribution in [0.25, 0.3) is 0 Å². The van der Waals surface area contributed by atoms with Gasteiger partial charge in [-0.1, -0.05) is 13.8 Å². The summed E-state index contributed by atoms with van der Waals surface area (Å²) in [7, 11) is 0. The van der Waals surface area contributed by atoms with Gasteiger partial charge in [0.15, 0.2) is 0 Å². The van der Waals surface area contributed by atoms with E-state index in [0.29, 0.717) is 25.1 Å². The quantitative estimate of drug-likeness (QED) is 0.0763. The van der Waals surface area contributed by atoms with Crippen LogP contribution in [0.2, 0.25) is 0 Å². The number of nitrogens with zero attached hydrogens (tertiary/aromatic N) is 1. The molecule has 16 heteroatoms. The minimum absolute atomic E-state index is 0.0344. The number of primary amides is 1. The summed E-state index contributed by atoms with van der Waals surface area (Å²) in [6.07, 6.45) is 3.70. The van der Waals surface area contributed by atoms with Gasteiger partial charge in [0.05, 0.1) is 19.3 Å². The highest BCUT2D eigenvalue weighted by atomic mass is 16.4. The van der Waals surface area contributed by atoms with Gasteiger partial charge in [-0.2, -0.15) is 0 Å². The summed E-state index contributed by atoms with van der Waals surface area (Å²) in [5, 5.41) is 19.3. The summed E-state index contributed by atoms with van der Waals surface area (Å²) in [5.41, 5.74) is 16.5. The molecule has 0 aliphatic rings. The molecule has 1 rings (SSSR count). The molecule has 4 atom stereocenters. The van der Waals surface area contributed by atoms with E-state index in [1.807, 2.05) is 0 Å². The third-order valence-corrected chi connectivity index (χ3v) is 5.76. The van der Waals surface area contributed by atoms with Crippen LogP contribution in [0, 0.1) is 5.92 Å². The fourth-order valence-electron chi connectivity index (χ4n) is 3.76. The number of carbonyl (C=O) groups is 6. The second kappa shape index (κ2) is 17.5. The molecule has 16 nitrogen and oxygen atoms in total. The van der Waals surface area contributed by atoms with Gasteiger partial charge in [0, 0.05) is 18.3 Å². The fourth-order valence-corrected chi connectivity index (χ4v) is 3.76. The summed E-state index contributed by atoms with van der Waals surface area (Å²) in [6, 6.07) is -4.97. The number of amides is 5. The molecule has 1 heterocycles. The number of carboxylic acid groups (broad SMARTS) is 1. The Morgan fingerprint density at radius 3 is 2.02 bits per heavy atom. The van der Waals surface area contributed by atoms with Crippen LogP contribution in [0.15, 0.2) is 12.5 Å². The van der Waals surface area contributed by atoms with Gasteiger partial charge < -0.3 is 48.6 Å². The van der Waals surface area contributed by atoms with Crippen molar-refractivity contribution in [2.24, 2.45) is 23.1 Å². The van der Waals surface area contributed by atoms with Crippen molar-refractivity contribution in [1.82, 2.24) is 31.2 Å². The molecular formula is C24H41N9O7. The van der Waals surface area contributed by atoms with E-state index in [-0.39, 0.29) is 31.7 Å². The first-order chi connectivity index (χ1) is 18.9. The first kappa shape index (κ1) is 34.0. The molecule has 40 heavy (non-hydrogen) atoms. The number of carboxylic acids is 1. The highest BCUT2D eigenvalue weighted by molar-refractivity contribution is 5.95. The lowest BCUT2D eigenvalue weighted by molar-refractivity contribution is -0.143. The number of unbranched alkanes of at least 4 members (excludes halogenated alkanes) is 1. The molecule has 1 aromatic heterocycles. The van der Waals surface area contributed by atoms with Crippen molar-refractivity contribution in [3.05, 3.63) is 18.2 Å². The third kappa shape index (κ3) is 12.7. The Bertz CT molecular complexity index is 1000. The standard InChI is InChI=1S/C24H41N9O7/c1-13(2)7-16(22(37)33-18(24(39)40)9-19(27)34)31-23(38)17(8-14-11-28-12-29-14)32-21(36)15(5-3-4-6-25)30-20(35)10-26/h11-13,15-18H,3-10,25-26H2,1-2H3,(H2,27,34)(H,28,29)(H,30,35)(H,31,38)(H,32,36)(H,33,37)(H,39,40). The number of rotatable bonds is 19. The number of hydrogen-bond donors (Lipinski definition) is 9. The summed E-state index contributed by atoms with van der Waals surface area (Å²) in [4.78, 5) is 80.9. The van der Waals surface area contributed by atoms with Gasteiger partial charge in [-0.05, 0) is 38.1 Å². The van der Waals surface area contributed by atoms with E-state index in [1.54, 1.807) is 13.8 Å². The van der Waals surface area contributed by atoms with E-state index in [2.05, 4.69) is 31.2 Å². The molecule has 0 saturated carbocycles. The van der Waals surface area contributed by atoms with E-state index in [0.717, 1.165) is 0 Å². The molecule has 4 unspecified atom stereocenters. The number of H-pyrrole nitrogens is 1. The van der Waals surface area contributed by atoms with Gasteiger partial charge >= 0.3 is 5.97 Å².